The van der Waals surface area contributed by atoms with Gasteiger partial charge in [0.15, 0.2) is 5.78 Å². The van der Waals surface area contributed by atoms with E-state index in [1.54, 1.807) is 49.4 Å². The van der Waals surface area contributed by atoms with Crippen LogP contribution in [0.15, 0.2) is 59.5 Å². The number of H-pyrrole nitrogens is 2. The maximum absolute atomic E-state index is 12.8. The predicted octanol–water partition coefficient (Wildman–Crippen LogP) is 3.42. The first-order chi connectivity index (χ1) is 13.1. The van der Waals surface area contributed by atoms with E-state index in [1.807, 2.05) is 6.07 Å². The number of nitrogens with one attached hydrogen (secondary N) is 2. The number of ether oxygens (including phenoxy) is 1. The van der Waals surface area contributed by atoms with Gasteiger partial charge < -0.3 is 14.7 Å². The number of aromatic amines is 2. The number of carbonyl (C=O) groups excluding carboxylic acids is 2. The van der Waals surface area contributed by atoms with Crippen LogP contribution in [0.2, 0.25) is 0 Å². The SMILES string of the molecule is CCOC(=O)c1c[nH]c2c(=O)[nH]c3ccc(C(=O)c4ccccc4)cc3c12. The molecule has 0 atom stereocenters. The van der Waals surface area contributed by atoms with Gasteiger partial charge in [-0.3, -0.25) is 9.59 Å². The maximum atomic E-state index is 12.8. The number of fused-ring (bicyclic) bond motifs is 3. The molecule has 0 aliphatic heterocycles. The van der Waals surface area contributed by atoms with Gasteiger partial charge >= 0.3 is 5.97 Å². The van der Waals surface area contributed by atoms with Gasteiger partial charge in [0.25, 0.3) is 5.56 Å². The van der Waals surface area contributed by atoms with Crippen molar-refractivity contribution in [2.75, 3.05) is 6.61 Å². The molecule has 0 aliphatic carbocycles. The highest BCUT2D eigenvalue weighted by Gasteiger charge is 2.19. The lowest BCUT2D eigenvalue weighted by Crippen LogP contribution is -2.09. The molecule has 0 saturated carbocycles. The number of ketones is 1. The van der Waals surface area contributed by atoms with Crippen molar-refractivity contribution in [1.29, 1.82) is 0 Å². The molecule has 0 spiro atoms. The second-order valence-corrected chi connectivity index (χ2v) is 6.08. The van der Waals surface area contributed by atoms with E-state index in [0.717, 1.165) is 0 Å². The van der Waals surface area contributed by atoms with Crippen molar-refractivity contribution >= 4 is 33.6 Å². The van der Waals surface area contributed by atoms with Crippen LogP contribution in [-0.2, 0) is 4.74 Å². The zero-order valence-electron chi connectivity index (χ0n) is 14.5. The maximum Gasteiger partial charge on any atom is 0.340 e. The molecule has 6 heteroatoms. The highest BCUT2D eigenvalue weighted by molar-refractivity contribution is 6.17. The summed E-state index contributed by atoms with van der Waals surface area (Å²) in [7, 11) is 0. The van der Waals surface area contributed by atoms with Gasteiger partial charge in [-0.2, -0.15) is 0 Å². The molecule has 4 rings (SSSR count). The van der Waals surface area contributed by atoms with Crippen molar-refractivity contribution in [3.05, 3.63) is 81.8 Å². The van der Waals surface area contributed by atoms with E-state index < -0.39 is 5.97 Å². The summed E-state index contributed by atoms with van der Waals surface area (Å²) in [6.45, 7) is 1.94. The normalized spacial score (nSPS) is 11.0. The molecule has 0 amide bonds. The van der Waals surface area contributed by atoms with Gasteiger partial charge in [0, 0.05) is 33.6 Å². The minimum absolute atomic E-state index is 0.134. The zero-order chi connectivity index (χ0) is 19.0. The standard InChI is InChI=1S/C21H16N2O4/c1-2-27-21(26)15-11-22-18-17(15)14-10-13(8-9-16(14)23-20(18)25)19(24)12-6-4-3-5-7-12/h3-11,22H,2H2,1H3,(H,23,25). The zero-order valence-corrected chi connectivity index (χ0v) is 14.5. The fourth-order valence-corrected chi connectivity index (χ4v) is 3.19. The van der Waals surface area contributed by atoms with E-state index in [2.05, 4.69) is 9.97 Å². The van der Waals surface area contributed by atoms with E-state index in [4.69, 9.17) is 4.74 Å². The Bertz CT molecular complexity index is 1240. The summed E-state index contributed by atoms with van der Waals surface area (Å²) in [5.74, 6) is -0.652. The third-order valence-electron chi connectivity index (χ3n) is 4.44. The fourth-order valence-electron chi connectivity index (χ4n) is 3.19. The average Bonchev–Trinajstić information content (AvgIpc) is 3.14. The van der Waals surface area contributed by atoms with Crippen molar-refractivity contribution in [2.24, 2.45) is 0 Å². The highest BCUT2D eigenvalue weighted by Crippen LogP contribution is 2.27. The summed E-state index contributed by atoms with van der Waals surface area (Å²) in [6.07, 6.45) is 1.46. The van der Waals surface area contributed by atoms with Crippen molar-refractivity contribution in [2.45, 2.75) is 6.92 Å². The molecular weight excluding hydrogens is 344 g/mol. The average molecular weight is 360 g/mol. The fraction of sp³-hybridized carbons (Fsp3) is 0.0952. The van der Waals surface area contributed by atoms with E-state index in [0.29, 0.717) is 27.4 Å². The van der Waals surface area contributed by atoms with Crippen LogP contribution in [0.25, 0.3) is 21.8 Å². The molecule has 2 heterocycles. The van der Waals surface area contributed by atoms with Crippen molar-refractivity contribution in [1.82, 2.24) is 9.97 Å². The number of rotatable bonds is 4. The van der Waals surface area contributed by atoms with Crippen molar-refractivity contribution in [3.63, 3.8) is 0 Å². The number of hydrogen-bond donors (Lipinski definition) is 2. The molecule has 0 unspecified atom stereocenters. The minimum atomic E-state index is -0.518. The monoisotopic (exact) mass is 360 g/mol. The molecule has 0 saturated heterocycles. The van der Waals surface area contributed by atoms with Crippen LogP contribution in [0.5, 0.6) is 0 Å². The smallest absolute Gasteiger partial charge is 0.340 e. The molecule has 4 aromatic rings. The second-order valence-electron chi connectivity index (χ2n) is 6.08. The topological polar surface area (TPSA) is 92.0 Å². The largest absolute Gasteiger partial charge is 0.462 e. The lowest BCUT2D eigenvalue weighted by molar-refractivity contribution is 0.0528. The summed E-state index contributed by atoms with van der Waals surface area (Å²) < 4.78 is 5.09. The minimum Gasteiger partial charge on any atom is -0.462 e. The summed E-state index contributed by atoms with van der Waals surface area (Å²) in [6, 6.07) is 14.0. The Kier molecular flexibility index (Phi) is 4.08. The lowest BCUT2D eigenvalue weighted by Gasteiger charge is -2.06. The quantitative estimate of drug-likeness (QED) is 0.431. The van der Waals surface area contributed by atoms with Gasteiger partial charge in [0.1, 0.15) is 5.52 Å². The van der Waals surface area contributed by atoms with Crippen LogP contribution < -0.4 is 5.56 Å². The molecule has 2 aromatic heterocycles. The molecule has 27 heavy (non-hydrogen) atoms. The Morgan fingerprint density at radius 1 is 1.04 bits per heavy atom. The molecule has 6 nitrogen and oxygen atoms in total. The van der Waals surface area contributed by atoms with Gasteiger partial charge in [-0.25, -0.2) is 4.79 Å². The number of carbonyl (C=O) groups is 2. The number of esters is 1. The third-order valence-corrected chi connectivity index (χ3v) is 4.44. The number of aromatic nitrogens is 2. The summed E-state index contributed by atoms with van der Waals surface area (Å²) in [5, 5.41) is 1.06. The van der Waals surface area contributed by atoms with E-state index in [1.165, 1.54) is 6.20 Å². The lowest BCUT2D eigenvalue weighted by atomic mass is 9.99. The molecule has 2 aromatic carbocycles. The number of hydrogen-bond acceptors (Lipinski definition) is 4. The number of pyridine rings is 1. The van der Waals surface area contributed by atoms with Gasteiger partial charge in [-0.05, 0) is 25.1 Å². The summed E-state index contributed by atoms with van der Waals surface area (Å²) >= 11 is 0. The van der Waals surface area contributed by atoms with Gasteiger partial charge in [0.05, 0.1) is 12.2 Å². The molecule has 0 bridgehead atoms. The molecular formula is C21H16N2O4. The first-order valence-corrected chi connectivity index (χ1v) is 8.54. The first kappa shape index (κ1) is 16.8. The molecule has 134 valence electrons. The molecule has 0 radical (unpaired) electrons. The van der Waals surface area contributed by atoms with Crippen LogP contribution in [0, 0.1) is 0 Å². The van der Waals surface area contributed by atoms with Crippen LogP contribution in [-0.4, -0.2) is 28.3 Å². The van der Waals surface area contributed by atoms with Crippen molar-refractivity contribution < 1.29 is 14.3 Å². The second kappa shape index (κ2) is 6.57. The Hall–Kier alpha value is -3.67. The summed E-state index contributed by atoms with van der Waals surface area (Å²) in [5.41, 5.74) is 1.79. The molecule has 0 fully saturated rings. The predicted molar refractivity (Wildman–Crippen MR) is 102 cm³/mol. The van der Waals surface area contributed by atoms with Gasteiger partial charge in [-0.15, -0.1) is 0 Å². The van der Waals surface area contributed by atoms with E-state index >= 15 is 0 Å². The Morgan fingerprint density at radius 3 is 2.56 bits per heavy atom. The van der Waals surface area contributed by atoms with E-state index in [9.17, 15) is 14.4 Å². The Labute approximate surface area is 153 Å². The van der Waals surface area contributed by atoms with Gasteiger partial charge in [0.2, 0.25) is 0 Å². The first-order valence-electron chi connectivity index (χ1n) is 8.54. The van der Waals surface area contributed by atoms with Crippen LogP contribution >= 0.6 is 0 Å². The Balaban J connectivity index is 1.97. The van der Waals surface area contributed by atoms with E-state index in [-0.39, 0.29) is 29.0 Å². The van der Waals surface area contributed by atoms with Crippen LogP contribution in [0.1, 0.15) is 33.2 Å². The number of benzene rings is 2. The van der Waals surface area contributed by atoms with Crippen molar-refractivity contribution in [3.8, 4) is 0 Å². The Morgan fingerprint density at radius 2 is 1.81 bits per heavy atom. The van der Waals surface area contributed by atoms with Gasteiger partial charge in [-0.1, -0.05) is 30.3 Å². The molecule has 0 aliphatic rings. The molecule has 2 N–H and O–H groups in total. The summed E-state index contributed by atoms with van der Waals surface area (Å²) in [4.78, 5) is 43.0. The van der Waals surface area contributed by atoms with Crippen LogP contribution in [0.3, 0.4) is 0 Å². The third kappa shape index (κ3) is 2.81. The van der Waals surface area contributed by atoms with Crippen LogP contribution in [0.4, 0.5) is 0 Å². The highest BCUT2D eigenvalue weighted by atomic mass is 16.5.